The molecule has 1 aliphatic heterocycles. The molecule has 7 heteroatoms. The molecule has 3 rings (SSSR count). The summed E-state index contributed by atoms with van der Waals surface area (Å²) in [5.41, 5.74) is 2.42. The molecule has 2 N–H and O–H groups in total. The van der Waals surface area contributed by atoms with Gasteiger partial charge < -0.3 is 24.9 Å². The highest BCUT2D eigenvalue weighted by atomic mass is 16.3. The Hall–Kier alpha value is -2.80. The molecule has 2 amide bonds. The molecule has 1 atom stereocenters. The minimum Gasteiger partial charge on any atom is -0.467 e. The highest BCUT2D eigenvalue weighted by Crippen LogP contribution is 2.34. The molecule has 0 radical (unpaired) electrons. The zero-order valence-electron chi connectivity index (χ0n) is 15.8. The number of fused-ring (bicyclic) bond motifs is 1. The zero-order chi connectivity index (χ0) is 19.2. The highest BCUT2D eigenvalue weighted by Gasteiger charge is 2.29. The number of carbonyl (C=O) groups excluding carboxylic acids is 2. The molecule has 1 aromatic heterocycles. The van der Waals surface area contributed by atoms with Crippen LogP contribution in [0.3, 0.4) is 0 Å². The molecule has 27 heavy (non-hydrogen) atoms. The lowest BCUT2D eigenvalue weighted by Gasteiger charge is -2.29. The fraction of sp³-hybridized carbons (Fsp3) is 0.400. The van der Waals surface area contributed by atoms with Gasteiger partial charge in [0.15, 0.2) is 0 Å². The van der Waals surface area contributed by atoms with Crippen molar-refractivity contribution >= 4 is 17.5 Å². The van der Waals surface area contributed by atoms with Gasteiger partial charge in [-0.3, -0.25) is 9.59 Å². The number of nitrogens with one attached hydrogen (secondary N) is 2. The third kappa shape index (κ3) is 4.68. The molecule has 0 spiro atoms. The van der Waals surface area contributed by atoms with Gasteiger partial charge in [0, 0.05) is 31.9 Å². The molecule has 2 heterocycles. The second-order valence-electron chi connectivity index (χ2n) is 6.87. The molecule has 2 aromatic rings. The Morgan fingerprint density at radius 3 is 2.67 bits per heavy atom. The maximum absolute atomic E-state index is 12.2. The number of hydrogen-bond acceptors (Lipinski definition) is 5. The number of likely N-dealkylation sites (N-methyl/N-ethyl adjacent to an activating group) is 1. The average molecular weight is 370 g/mol. The summed E-state index contributed by atoms with van der Waals surface area (Å²) in [5, 5.41) is 5.38. The minimum atomic E-state index is -0.627. The zero-order valence-corrected chi connectivity index (χ0v) is 15.8. The molecule has 0 aliphatic carbocycles. The van der Waals surface area contributed by atoms with Crippen molar-refractivity contribution in [2.24, 2.45) is 0 Å². The van der Waals surface area contributed by atoms with E-state index in [1.165, 1.54) is 5.56 Å². The SMILES string of the molecule is CN(C)CCNC(=O)C(=O)NC[C@H](c1ccco1)N1CCc2ccccc21. The van der Waals surface area contributed by atoms with Crippen LogP contribution in [0.5, 0.6) is 0 Å². The van der Waals surface area contributed by atoms with Crippen molar-refractivity contribution in [2.75, 3.05) is 45.2 Å². The van der Waals surface area contributed by atoms with Crippen LogP contribution in [0.2, 0.25) is 0 Å². The lowest BCUT2D eigenvalue weighted by atomic mass is 10.1. The van der Waals surface area contributed by atoms with Crippen LogP contribution in [0.25, 0.3) is 0 Å². The van der Waals surface area contributed by atoms with Crippen LogP contribution < -0.4 is 15.5 Å². The molecule has 144 valence electrons. The maximum Gasteiger partial charge on any atom is 0.309 e. The normalized spacial score (nSPS) is 14.1. The first-order chi connectivity index (χ1) is 13.1. The van der Waals surface area contributed by atoms with Crippen molar-refractivity contribution in [3.8, 4) is 0 Å². The number of furan rings is 1. The van der Waals surface area contributed by atoms with Crippen LogP contribution in [-0.2, 0) is 16.0 Å². The lowest BCUT2D eigenvalue weighted by Crippen LogP contribution is -2.45. The summed E-state index contributed by atoms with van der Waals surface area (Å²) in [6.45, 7) is 2.25. The van der Waals surface area contributed by atoms with Crippen LogP contribution in [-0.4, -0.2) is 57.0 Å². The highest BCUT2D eigenvalue weighted by molar-refractivity contribution is 6.35. The van der Waals surface area contributed by atoms with Gasteiger partial charge in [-0.05, 0) is 44.3 Å². The molecule has 1 aliphatic rings. The van der Waals surface area contributed by atoms with Crippen LogP contribution in [0.15, 0.2) is 47.1 Å². The Morgan fingerprint density at radius 2 is 1.93 bits per heavy atom. The third-order valence-electron chi connectivity index (χ3n) is 4.68. The molecule has 0 unspecified atom stereocenters. The second-order valence-corrected chi connectivity index (χ2v) is 6.87. The van der Waals surface area contributed by atoms with E-state index in [1.54, 1.807) is 6.26 Å². The monoisotopic (exact) mass is 370 g/mol. The van der Waals surface area contributed by atoms with Gasteiger partial charge >= 0.3 is 11.8 Å². The third-order valence-corrected chi connectivity index (χ3v) is 4.68. The van der Waals surface area contributed by atoms with E-state index in [-0.39, 0.29) is 6.04 Å². The average Bonchev–Trinajstić information content (AvgIpc) is 3.32. The van der Waals surface area contributed by atoms with E-state index in [0.717, 1.165) is 24.4 Å². The fourth-order valence-electron chi connectivity index (χ4n) is 3.28. The first-order valence-corrected chi connectivity index (χ1v) is 9.15. The van der Waals surface area contributed by atoms with E-state index in [4.69, 9.17) is 4.42 Å². The van der Waals surface area contributed by atoms with Gasteiger partial charge in [-0.25, -0.2) is 0 Å². The Kier molecular flexibility index (Phi) is 6.13. The summed E-state index contributed by atoms with van der Waals surface area (Å²) in [4.78, 5) is 28.3. The summed E-state index contributed by atoms with van der Waals surface area (Å²) in [6.07, 6.45) is 2.58. The first-order valence-electron chi connectivity index (χ1n) is 9.15. The Bertz CT molecular complexity index is 773. The largest absolute Gasteiger partial charge is 0.467 e. The molecule has 0 saturated heterocycles. The molecule has 1 aromatic carbocycles. The fourth-order valence-corrected chi connectivity index (χ4v) is 3.28. The number of amides is 2. The van der Waals surface area contributed by atoms with Gasteiger partial charge in [-0.2, -0.15) is 0 Å². The predicted octanol–water partition coefficient (Wildman–Crippen LogP) is 1.18. The quantitative estimate of drug-likeness (QED) is 0.716. The number of rotatable bonds is 7. The van der Waals surface area contributed by atoms with Crippen molar-refractivity contribution in [2.45, 2.75) is 12.5 Å². The molecule has 0 saturated carbocycles. The van der Waals surface area contributed by atoms with Crippen molar-refractivity contribution in [3.63, 3.8) is 0 Å². The smallest absolute Gasteiger partial charge is 0.309 e. The van der Waals surface area contributed by atoms with Gasteiger partial charge in [-0.1, -0.05) is 18.2 Å². The van der Waals surface area contributed by atoms with Crippen molar-refractivity contribution in [3.05, 3.63) is 54.0 Å². The van der Waals surface area contributed by atoms with Crippen molar-refractivity contribution in [1.29, 1.82) is 0 Å². The number of hydrogen-bond donors (Lipinski definition) is 2. The topological polar surface area (TPSA) is 77.8 Å². The number of anilines is 1. The predicted molar refractivity (Wildman–Crippen MR) is 104 cm³/mol. The molecular formula is C20H26N4O3. The van der Waals surface area contributed by atoms with Gasteiger partial charge in [0.1, 0.15) is 11.8 Å². The van der Waals surface area contributed by atoms with E-state index in [1.807, 2.05) is 43.3 Å². The number of carbonyl (C=O) groups is 2. The first kappa shape index (κ1) is 19.0. The molecule has 0 bridgehead atoms. The Labute approximate surface area is 159 Å². The van der Waals surface area contributed by atoms with Gasteiger partial charge in [0.25, 0.3) is 0 Å². The molecular weight excluding hydrogens is 344 g/mol. The summed E-state index contributed by atoms with van der Waals surface area (Å²) in [6, 6.07) is 11.8. The van der Waals surface area contributed by atoms with E-state index < -0.39 is 11.8 Å². The van der Waals surface area contributed by atoms with Gasteiger partial charge in [-0.15, -0.1) is 0 Å². The van der Waals surface area contributed by atoms with E-state index in [0.29, 0.717) is 19.6 Å². The minimum absolute atomic E-state index is 0.165. The van der Waals surface area contributed by atoms with Crippen LogP contribution >= 0.6 is 0 Å². The maximum atomic E-state index is 12.2. The Balaban J connectivity index is 1.64. The standard InChI is InChI=1S/C20H26N4O3/c1-23(2)12-10-21-19(25)20(26)22-14-17(18-8-5-13-27-18)24-11-9-15-6-3-4-7-16(15)24/h3-8,13,17H,9-12,14H2,1-2H3,(H,21,25)(H,22,26)/t17-/m1/s1. The van der Waals surface area contributed by atoms with E-state index >= 15 is 0 Å². The summed E-state index contributed by atoms with van der Waals surface area (Å²) >= 11 is 0. The number of benzene rings is 1. The molecule has 0 fully saturated rings. The van der Waals surface area contributed by atoms with Gasteiger partial charge in [0.05, 0.1) is 6.26 Å². The van der Waals surface area contributed by atoms with Crippen molar-refractivity contribution in [1.82, 2.24) is 15.5 Å². The van der Waals surface area contributed by atoms with Gasteiger partial charge in [0.2, 0.25) is 0 Å². The van der Waals surface area contributed by atoms with E-state index in [9.17, 15) is 9.59 Å². The van der Waals surface area contributed by atoms with Crippen LogP contribution in [0, 0.1) is 0 Å². The Morgan fingerprint density at radius 1 is 1.15 bits per heavy atom. The second kappa shape index (κ2) is 8.73. The summed E-state index contributed by atoms with van der Waals surface area (Å²) in [5.74, 6) is -0.477. The summed E-state index contributed by atoms with van der Waals surface area (Å²) in [7, 11) is 3.82. The van der Waals surface area contributed by atoms with Crippen LogP contribution in [0.1, 0.15) is 17.4 Å². The lowest BCUT2D eigenvalue weighted by molar-refractivity contribution is -0.139. The molecule has 7 nitrogen and oxygen atoms in total. The summed E-state index contributed by atoms with van der Waals surface area (Å²) < 4.78 is 5.61. The number of para-hydroxylation sites is 1. The van der Waals surface area contributed by atoms with Crippen molar-refractivity contribution < 1.29 is 14.0 Å². The number of nitrogens with zero attached hydrogens (tertiary/aromatic N) is 2. The van der Waals surface area contributed by atoms with E-state index in [2.05, 4.69) is 27.7 Å². The van der Waals surface area contributed by atoms with Crippen LogP contribution in [0.4, 0.5) is 5.69 Å².